The average Bonchev–Trinajstić information content (AvgIpc) is 3.53. The molecule has 0 aromatic carbocycles. The number of hydrogen-bond acceptors (Lipinski definition) is 11. The first-order valence-corrected chi connectivity index (χ1v) is 31.5. The fraction of sp³-hybridized carbons (Fsp3) is 0.652. The third kappa shape index (κ3) is 45.3. The molecule has 12 heteroatoms. The highest BCUT2D eigenvalue weighted by Gasteiger charge is 2.50. The van der Waals surface area contributed by atoms with E-state index in [1.54, 1.807) is 0 Å². The molecule has 1 fully saturated rings. The summed E-state index contributed by atoms with van der Waals surface area (Å²) >= 11 is 0. The summed E-state index contributed by atoms with van der Waals surface area (Å²) in [6, 6.07) is 0. The number of ether oxygens (including phenoxy) is 5. The van der Waals surface area contributed by atoms with Crippen molar-refractivity contribution in [3.8, 4) is 0 Å². The lowest BCUT2D eigenvalue weighted by molar-refractivity contribution is -0.301. The molecule has 81 heavy (non-hydrogen) atoms. The molecule has 0 aliphatic carbocycles. The molecule has 0 aromatic heterocycles. The quantitative estimate of drug-likeness (QED) is 0.0228. The van der Waals surface area contributed by atoms with Crippen LogP contribution in [-0.2, 0) is 42.9 Å². The van der Waals surface area contributed by atoms with Gasteiger partial charge in [0.2, 0.25) is 0 Å². The van der Waals surface area contributed by atoms with E-state index in [1.165, 1.54) is 19.3 Å². The van der Waals surface area contributed by atoms with E-state index in [1.807, 2.05) is 0 Å². The highest BCUT2D eigenvalue weighted by Crippen LogP contribution is 2.26. The number of carbonyl (C=O) groups is 4. The minimum atomic E-state index is -1.92. The Morgan fingerprint density at radius 1 is 0.420 bits per heavy atom. The van der Waals surface area contributed by atoms with Crippen LogP contribution in [0.4, 0.5) is 0 Å². The number of esters is 3. The molecule has 0 bridgehead atoms. The first-order valence-electron chi connectivity index (χ1n) is 31.5. The maximum absolute atomic E-state index is 13.2. The van der Waals surface area contributed by atoms with Crippen LogP contribution in [0, 0.1) is 0 Å². The average molecular weight is 1130 g/mol. The van der Waals surface area contributed by atoms with Gasteiger partial charge in [-0.3, -0.25) is 14.4 Å². The molecule has 12 nitrogen and oxygen atoms in total. The molecule has 3 N–H and O–H groups in total. The molecule has 1 aliphatic heterocycles. The second-order valence-corrected chi connectivity index (χ2v) is 20.9. The second-order valence-electron chi connectivity index (χ2n) is 20.9. The number of allylic oxidation sites excluding steroid dienone is 20. The van der Waals surface area contributed by atoms with E-state index in [2.05, 4.69) is 142 Å². The van der Waals surface area contributed by atoms with Crippen molar-refractivity contribution in [2.75, 3.05) is 13.2 Å². The van der Waals surface area contributed by atoms with E-state index in [0.29, 0.717) is 19.3 Å². The lowest BCUT2D eigenvalue weighted by Gasteiger charge is -2.40. The number of rotatable bonds is 52. The van der Waals surface area contributed by atoms with Gasteiger partial charge in [0, 0.05) is 19.3 Å². The van der Waals surface area contributed by atoms with Gasteiger partial charge in [0.15, 0.2) is 24.6 Å². The maximum Gasteiger partial charge on any atom is 0.335 e. The molecule has 0 aromatic rings. The summed E-state index contributed by atoms with van der Waals surface area (Å²) in [5, 5.41) is 31.6. The Hall–Kier alpha value is -4.88. The van der Waals surface area contributed by atoms with E-state index in [4.69, 9.17) is 23.7 Å². The Kier molecular flexibility index (Phi) is 50.9. The van der Waals surface area contributed by atoms with Crippen molar-refractivity contribution >= 4 is 23.9 Å². The number of aliphatic hydroxyl groups is 2. The summed E-state index contributed by atoms with van der Waals surface area (Å²) in [6.45, 7) is 5.71. The van der Waals surface area contributed by atoms with Gasteiger partial charge in [-0.1, -0.05) is 213 Å². The highest BCUT2D eigenvalue weighted by atomic mass is 16.7. The smallest absolute Gasteiger partial charge is 0.335 e. The molecule has 1 heterocycles. The number of aliphatic carboxylic acids is 1. The normalized spacial score (nSPS) is 18.6. The van der Waals surface area contributed by atoms with Crippen LogP contribution >= 0.6 is 0 Å². The summed E-state index contributed by atoms with van der Waals surface area (Å²) in [5.41, 5.74) is 0. The molecule has 458 valence electrons. The summed E-state index contributed by atoms with van der Waals surface area (Å²) in [6.07, 6.45) is 64.3. The number of carbonyl (C=O) groups excluding carboxylic acids is 3. The van der Waals surface area contributed by atoms with Crippen molar-refractivity contribution < 1.29 is 58.2 Å². The topological polar surface area (TPSA) is 175 Å². The number of aliphatic hydroxyl groups excluding tert-OH is 2. The van der Waals surface area contributed by atoms with E-state index in [9.17, 15) is 34.5 Å². The van der Waals surface area contributed by atoms with Crippen LogP contribution in [0.15, 0.2) is 122 Å². The van der Waals surface area contributed by atoms with Gasteiger partial charge in [-0.25, -0.2) is 4.79 Å². The van der Waals surface area contributed by atoms with Crippen LogP contribution in [0.2, 0.25) is 0 Å². The van der Waals surface area contributed by atoms with E-state index in [0.717, 1.165) is 161 Å². The molecule has 1 rings (SSSR count). The molecular weight excluding hydrogens is 1020 g/mol. The number of carboxylic acids is 1. The molecule has 6 atom stereocenters. The summed E-state index contributed by atoms with van der Waals surface area (Å²) in [4.78, 5) is 51.3. The third-order valence-corrected chi connectivity index (χ3v) is 13.5. The van der Waals surface area contributed by atoms with Gasteiger partial charge < -0.3 is 39.0 Å². The molecule has 0 amide bonds. The minimum absolute atomic E-state index is 0.0228. The van der Waals surface area contributed by atoms with Crippen molar-refractivity contribution in [3.63, 3.8) is 0 Å². The first kappa shape index (κ1) is 74.1. The first-order chi connectivity index (χ1) is 39.6. The van der Waals surface area contributed by atoms with Gasteiger partial charge in [-0.15, -0.1) is 0 Å². The summed E-state index contributed by atoms with van der Waals surface area (Å²) < 4.78 is 28.5. The second kappa shape index (κ2) is 55.6. The van der Waals surface area contributed by atoms with Gasteiger partial charge in [0.05, 0.1) is 6.61 Å². The van der Waals surface area contributed by atoms with Crippen LogP contribution in [0.5, 0.6) is 0 Å². The van der Waals surface area contributed by atoms with Crippen LogP contribution in [0.3, 0.4) is 0 Å². The molecule has 1 saturated heterocycles. The van der Waals surface area contributed by atoms with Gasteiger partial charge in [0.25, 0.3) is 0 Å². The number of hydrogen-bond donors (Lipinski definition) is 3. The Bertz CT molecular complexity index is 1870. The Balaban J connectivity index is 2.72. The lowest BCUT2D eigenvalue weighted by Crippen LogP contribution is -2.61. The Morgan fingerprint density at radius 3 is 1.19 bits per heavy atom. The predicted molar refractivity (Wildman–Crippen MR) is 330 cm³/mol. The van der Waals surface area contributed by atoms with Crippen LogP contribution in [0.25, 0.3) is 0 Å². The molecule has 0 saturated carbocycles. The molecule has 0 spiro atoms. The highest BCUT2D eigenvalue weighted by molar-refractivity contribution is 5.74. The van der Waals surface area contributed by atoms with Gasteiger partial charge in [0.1, 0.15) is 18.8 Å². The minimum Gasteiger partial charge on any atom is -0.479 e. The van der Waals surface area contributed by atoms with Crippen molar-refractivity contribution in [1.29, 1.82) is 0 Å². The van der Waals surface area contributed by atoms with E-state index in [-0.39, 0.29) is 25.9 Å². The zero-order chi connectivity index (χ0) is 58.9. The van der Waals surface area contributed by atoms with Gasteiger partial charge in [-0.05, 0) is 128 Å². The maximum atomic E-state index is 13.2. The Labute approximate surface area is 490 Å². The third-order valence-electron chi connectivity index (χ3n) is 13.5. The zero-order valence-electron chi connectivity index (χ0n) is 50.5. The summed E-state index contributed by atoms with van der Waals surface area (Å²) in [7, 11) is 0. The predicted octanol–water partition coefficient (Wildman–Crippen LogP) is 16.8. The molecule has 1 aliphatic rings. The van der Waals surface area contributed by atoms with Crippen LogP contribution < -0.4 is 0 Å². The number of unbranched alkanes of at least 4 members (excludes halogenated alkanes) is 18. The van der Waals surface area contributed by atoms with Crippen molar-refractivity contribution in [1.82, 2.24) is 0 Å². The number of carboxylic acid groups (broad SMARTS) is 1. The van der Waals surface area contributed by atoms with Crippen LogP contribution in [-0.4, -0.2) is 89.2 Å². The fourth-order valence-electron chi connectivity index (χ4n) is 8.73. The standard InChI is InChI=1S/C69H110O12/c1-4-7-10-13-16-19-22-25-28-31-34-37-40-43-46-49-52-55-61(70)77-58-60(79-62(71)56-53-50-47-44-41-38-35-32-29-26-23-20-17-14-11-8-5-2)59-78-69-67(65(74)64(73)66(81-69)68(75)76)80-63(72)57-54-51-48-45-42-39-36-33-30-27-24-21-18-15-12-9-6-3/h7,9-10,12,16-21,25-30,34,36-37,39,60,64-67,69,73-74H,4-6,8,11,13-15,22-24,31-33,35,38,40-59H2,1-3H3,(H,75,76)/b10-7-,12-9-,19-16-,20-17-,21-18-,28-25-,29-26-,30-27-,37-34-,39-36-. The van der Waals surface area contributed by atoms with Crippen LogP contribution in [0.1, 0.15) is 239 Å². The van der Waals surface area contributed by atoms with E-state index < -0.39 is 67.3 Å². The largest absolute Gasteiger partial charge is 0.479 e. The van der Waals surface area contributed by atoms with Crippen molar-refractivity contribution in [2.45, 2.75) is 276 Å². The monoisotopic (exact) mass is 1130 g/mol. The van der Waals surface area contributed by atoms with Gasteiger partial charge >= 0.3 is 23.9 Å². The molecular formula is C69H110O12. The SMILES string of the molecule is CC/C=C\C/C=C\C/C=C\C/C=C\CCCCCCC(=O)OCC(COC1OC(C(=O)O)C(O)C(O)C1OC(=O)CCCCCC/C=C\C/C=C\C/C=C\C/C=C\CC)OC(=O)CCCCCCCCC/C=C\C/C=C\CCCCC. The summed E-state index contributed by atoms with van der Waals surface area (Å²) in [5.74, 6) is -3.20. The van der Waals surface area contributed by atoms with Crippen molar-refractivity contribution in [2.24, 2.45) is 0 Å². The zero-order valence-corrected chi connectivity index (χ0v) is 50.5. The molecule has 6 unspecified atom stereocenters. The Morgan fingerprint density at radius 2 is 0.778 bits per heavy atom. The molecule has 0 radical (unpaired) electrons. The van der Waals surface area contributed by atoms with Crippen molar-refractivity contribution in [3.05, 3.63) is 122 Å². The van der Waals surface area contributed by atoms with E-state index >= 15 is 0 Å². The fourth-order valence-corrected chi connectivity index (χ4v) is 8.73. The van der Waals surface area contributed by atoms with Gasteiger partial charge in [-0.2, -0.15) is 0 Å². The lowest BCUT2D eigenvalue weighted by atomic mass is 9.98.